The van der Waals surface area contributed by atoms with Gasteiger partial charge in [0.2, 0.25) is 0 Å². The fraction of sp³-hybridized carbons (Fsp3) is 1.00. The third kappa shape index (κ3) is 3.05. The van der Waals surface area contributed by atoms with Gasteiger partial charge in [-0.15, -0.1) is 0 Å². The molecule has 2 heteroatoms. The minimum atomic E-state index is -0.849. The van der Waals surface area contributed by atoms with E-state index in [-0.39, 0.29) is 0 Å². The molecule has 104 valence electrons. The molecule has 2 fully saturated rings. The van der Waals surface area contributed by atoms with Crippen molar-refractivity contribution < 1.29 is 0 Å². The average molecular weight is 264 g/mol. The Morgan fingerprint density at radius 2 is 1.28 bits per heavy atom. The Bertz CT molecular complexity index is 219. The normalized spacial score (nSPS) is 28.5. The molecule has 2 heterocycles. The summed E-state index contributed by atoms with van der Waals surface area (Å²) in [5.41, 5.74) is 0. The van der Waals surface area contributed by atoms with Crippen LogP contribution in [-0.2, 0) is 0 Å². The summed E-state index contributed by atoms with van der Waals surface area (Å²) in [6.45, 7) is 8.56. The fourth-order valence-electron chi connectivity index (χ4n) is 5.04. The van der Waals surface area contributed by atoms with Gasteiger partial charge in [-0.2, -0.15) is 0 Å². The summed E-state index contributed by atoms with van der Waals surface area (Å²) in [7, 11) is -0.849. The zero-order valence-electron chi connectivity index (χ0n) is 13.0. The maximum atomic E-state index is 2.47. The van der Waals surface area contributed by atoms with Gasteiger partial charge in [-0.05, 0) is 0 Å². The first-order valence-electron chi connectivity index (χ1n) is 8.74. The summed E-state index contributed by atoms with van der Waals surface area (Å²) in [5, 5.41) is 0. The van der Waals surface area contributed by atoms with Crippen molar-refractivity contribution in [2.45, 2.75) is 101 Å². The molecule has 2 rings (SSSR count). The second-order valence-corrected chi connectivity index (χ2v) is 12.8. The zero-order chi connectivity index (χ0) is 13.0. The lowest BCUT2D eigenvalue weighted by atomic mass is 9.26. The van der Waals surface area contributed by atoms with E-state index in [2.05, 4.69) is 20.8 Å². The first-order valence-corrected chi connectivity index (χ1v) is 11.6. The predicted octanol–water partition coefficient (Wildman–Crippen LogP) is 6.10. The van der Waals surface area contributed by atoms with Gasteiger partial charge >= 0.3 is 0 Å². The average Bonchev–Trinajstić information content (AvgIpc) is 2.40. The van der Waals surface area contributed by atoms with Crippen molar-refractivity contribution in [3.8, 4) is 0 Å². The van der Waals surface area contributed by atoms with Crippen LogP contribution in [0.5, 0.6) is 0 Å². The third-order valence-corrected chi connectivity index (χ3v) is 12.6. The lowest BCUT2D eigenvalue weighted by Crippen LogP contribution is -2.38. The van der Waals surface area contributed by atoms with E-state index in [0.29, 0.717) is 0 Å². The fourth-order valence-corrected chi connectivity index (χ4v) is 8.55. The molecule has 0 saturated carbocycles. The molecule has 18 heavy (non-hydrogen) atoms. The smallest absolute Gasteiger partial charge is 0.0761 e. The highest BCUT2D eigenvalue weighted by molar-refractivity contribution is 6.81. The van der Waals surface area contributed by atoms with Crippen LogP contribution in [0.1, 0.15) is 59.3 Å². The second-order valence-electron chi connectivity index (χ2n) is 7.15. The summed E-state index contributed by atoms with van der Waals surface area (Å²) in [4.78, 5) is 0. The minimum absolute atomic E-state index is 0.849. The Kier molecular flexibility index (Phi) is 5.41. The lowest BCUT2D eigenvalue weighted by molar-refractivity contribution is 0.442. The largest absolute Gasteiger partial charge is 0.146 e. The molecule has 0 aromatic carbocycles. The van der Waals surface area contributed by atoms with Crippen molar-refractivity contribution in [3.05, 3.63) is 0 Å². The predicted molar refractivity (Wildman–Crippen MR) is 87.8 cm³/mol. The van der Waals surface area contributed by atoms with E-state index in [9.17, 15) is 0 Å². The summed E-state index contributed by atoms with van der Waals surface area (Å²) in [5.74, 6) is 2.27. The Balaban J connectivity index is 1.92. The molecule has 2 saturated heterocycles. The Hall–Kier alpha value is 0.282. The van der Waals surface area contributed by atoms with Gasteiger partial charge in [0.05, 0.1) is 8.07 Å². The molecule has 0 N–H and O–H groups in total. The molecular formula is C16H33BSi. The first-order chi connectivity index (χ1) is 8.74. The molecule has 0 unspecified atom stereocenters. The van der Waals surface area contributed by atoms with Crippen LogP contribution >= 0.6 is 0 Å². The Labute approximate surface area is 116 Å². The first kappa shape index (κ1) is 14.7. The van der Waals surface area contributed by atoms with Gasteiger partial charge in [-0.3, -0.25) is 0 Å². The van der Waals surface area contributed by atoms with Crippen LogP contribution in [0.25, 0.3) is 0 Å². The minimum Gasteiger partial charge on any atom is -0.0761 e. The molecule has 2 aliphatic heterocycles. The monoisotopic (exact) mass is 264 g/mol. The van der Waals surface area contributed by atoms with E-state index >= 15 is 0 Å². The topological polar surface area (TPSA) is 0 Å². The SMILES string of the molecule is CC[Si](CC)(CC)CCB1C2CCCC1CCC2. The molecule has 0 amide bonds. The van der Waals surface area contributed by atoms with Crippen molar-refractivity contribution >= 4 is 14.8 Å². The third-order valence-electron chi connectivity index (χ3n) is 6.77. The van der Waals surface area contributed by atoms with E-state index in [0.717, 1.165) is 18.3 Å². The van der Waals surface area contributed by atoms with Crippen LogP contribution in [0, 0.1) is 0 Å². The summed E-state index contributed by atoms with van der Waals surface area (Å²) >= 11 is 0. The molecule has 0 nitrogen and oxygen atoms in total. The summed E-state index contributed by atoms with van der Waals surface area (Å²) in [6.07, 6.45) is 11.0. The molecule has 0 aromatic rings. The zero-order valence-corrected chi connectivity index (χ0v) is 14.0. The van der Waals surface area contributed by atoms with E-state index in [1.165, 1.54) is 18.1 Å². The van der Waals surface area contributed by atoms with Gasteiger partial charge in [0, 0.05) is 0 Å². The van der Waals surface area contributed by atoms with Crippen molar-refractivity contribution in [2.75, 3.05) is 0 Å². The van der Waals surface area contributed by atoms with E-state index in [4.69, 9.17) is 0 Å². The van der Waals surface area contributed by atoms with Crippen LogP contribution in [0.2, 0.25) is 42.1 Å². The Morgan fingerprint density at radius 1 is 0.833 bits per heavy atom. The molecule has 2 bridgehead atoms. The van der Waals surface area contributed by atoms with Gasteiger partial charge in [-0.1, -0.05) is 101 Å². The number of hydrogen-bond acceptors (Lipinski definition) is 0. The van der Waals surface area contributed by atoms with Gasteiger partial charge in [0.25, 0.3) is 0 Å². The highest BCUT2D eigenvalue weighted by atomic mass is 28.3. The second kappa shape index (κ2) is 6.63. The summed E-state index contributed by atoms with van der Waals surface area (Å²) in [6, 6.07) is 6.24. The standard InChI is InChI=1S/C16H33BSi/c1-4-18(5-2,6-3)14-13-17-15-9-7-10-16(17)12-8-11-15/h15-16H,4-14H2,1-3H3. The molecule has 0 radical (unpaired) electrons. The van der Waals surface area contributed by atoms with Gasteiger partial charge in [0.15, 0.2) is 0 Å². The highest BCUT2D eigenvalue weighted by Gasteiger charge is 2.40. The van der Waals surface area contributed by atoms with E-state index in [1.54, 1.807) is 50.9 Å². The number of fused-ring (bicyclic) bond motifs is 2. The van der Waals surface area contributed by atoms with Crippen molar-refractivity contribution in [1.29, 1.82) is 0 Å². The molecule has 0 aromatic heterocycles. The quantitative estimate of drug-likeness (QED) is 0.508. The van der Waals surface area contributed by atoms with Crippen LogP contribution in [0.15, 0.2) is 0 Å². The van der Waals surface area contributed by atoms with Crippen molar-refractivity contribution in [3.63, 3.8) is 0 Å². The molecule has 0 atom stereocenters. The molecular weight excluding hydrogens is 231 g/mol. The molecule has 2 aliphatic rings. The van der Waals surface area contributed by atoms with E-state index < -0.39 is 8.07 Å². The molecule has 0 spiro atoms. The van der Waals surface area contributed by atoms with Crippen LogP contribution in [0.4, 0.5) is 0 Å². The van der Waals surface area contributed by atoms with Crippen molar-refractivity contribution in [1.82, 2.24) is 0 Å². The Morgan fingerprint density at radius 3 is 1.67 bits per heavy atom. The van der Waals surface area contributed by atoms with Crippen LogP contribution < -0.4 is 0 Å². The van der Waals surface area contributed by atoms with Crippen molar-refractivity contribution in [2.24, 2.45) is 0 Å². The van der Waals surface area contributed by atoms with Gasteiger partial charge < -0.3 is 0 Å². The van der Waals surface area contributed by atoms with Gasteiger partial charge in [-0.25, -0.2) is 0 Å². The number of rotatable bonds is 6. The lowest BCUT2D eigenvalue weighted by Gasteiger charge is -2.42. The molecule has 0 aliphatic carbocycles. The van der Waals surface area contributed by atoms with Crippen LogP contribution in [-0.4, -0.2) is 14.8 Å². The van der Waals surface area contributed by atoms with E-state index in [1.807, 2.05) is 0 Å². The maximum absolute atomic E-state index is 2.47. The highest BCUT2D eigenvalue weighted by Crippen LogP contribution is 2.48. The van der Waals surface area contributed by atoms with Crippen LogP contribution in [0.3, 0.4) is 0 Å². The van der Waals surface area contributed by atoms with Gasteiger partial charge in [0.1, 0.15) is 6.71 Å². The summed E-state index contributed by atoms with van der Waals surface area (Å²) < 4.78 is 0. The number of hydrogen-bond donors (Lipinski definition) is 0. The maximum Gasteiger partial charge on any atom is 0.146 e.